The minimum Gasteiger partial charge on any atom is -0.392 e. The molecule has 0 saturated carbocycles. The first-order valence-corrected chi connectivity index (χ1v) is 6.81. The molecule has 1 aromatic carbocycles. The van der Waals surface area contributed by atoms with E-state index < -0.39 is 6.10 Å². The standard InChI is InChI=1S/C15H23FN2O2/c1-11(2)18(9-12(3)19)10-15(20)17-8-13-4-6-14(16)7-5-13/h4-7,11-12,19H,8-10H2,1-3H3,(H,17,20). The maximum atomic E-state index is 12.8. The molecular formula is C15H23FN2O2. The first kappa shape index (κ1) is 16.6. The van der Waals surface area contributed by atoms with Crippen LogP contribution in [0.3, 0.4) is 0 Å². The predicted octanol–water partition coefficient (Wildman–Crippen LogP) is 1.53. The third-order valence-corrected chi connectivity index (χ3v) is 2.98. The molecule has 0 aliphatic heterocycles. The lowest BCUT2D eigenvalue weighted by Gasteiger charge is -2.26. The number of nitrogens with one attached hydrogen (secondary N) is 1. The fourth-order valence-electron chi connectivity index (χ4n) is 1.84. The number of amides is 1. The number of benzene rings is 1. The Kier molecular flexibility index (Phi) is 6.61. The normalized spacial score (nSPS) is 12.8. The van der Waals surface area contributed by atoms with Crippen LogP contribution in [0.2, 0.25) is 0 Å². The van der Waals surface area contributed by atoms with Gasteiger partial charge in [-0.05, 0) is 38.5 Å². The zero-order chi connectivity index (χ0) is 15.1. The fraction of sp³-hybridized carbons (Fsp3) is 0.533. The van der Waals surface area contributed by atoms with Crippen LogP contribution in [0, 0.1) is 5.82 Å². The van der Waals surface area contributed by atoms with Crippen LogP contribution in [0.25, 0.3) is 0 Å². The monoisotopic (exact) mass is 282 g/mol. The van der Waals surface area contributed by atoms with Crippen LogP contribution in [0.4, 0.5) is 4.39 Å². The van der Waals surface area contributed by atoms with E-state index in [1.807, 2.05) is 18.7 Å². The van der Waals surface area contributed by atoms with E-state index in [0.29, 0.717) is 13.1 Å². The molecule has 0 radical (unpaired) electrons. The van der Waals surface area contributed by atoms with Gasteiger partial charge in [-0.25, -0.2) is 4.39 Å². The summed E-state index contributed by atoms with van der Waals surface area (Å²) in [7, 11) is 0. The maximum Gasteiger partial charge on any atom is 0.234 e. The van der Waals surface area contributed by atoms with Crippen molar-refractivity contribution in [3.63, 3.8) is 0 Å². The molecule has 0 saturated heterocycles. The second kappa shape index (κ2) is 7.97. The first-order valence-electron chi connectivity index (χ1n) is 6.81. The highest BCUT2D eigenvalue weighted by atomic mass is 19.1. The molecule has 1 atom stereocenters. The van der Waals surface area contributed by atoms with Crippen molar-refractivity contribution < 1.29 is 14.3 Å². The number of aliphatic hydroxyl groups excluding tert-OH is 1. The summed E-state index contributed by atoms with van der Waals surface area (Å²) in [5.41, 5.74) is 0.853. The summed E-state index contributed by atoms with van der Waals surface area (Å²) in [6.45, 7) is 6.74. The number of carbonyl (C=O) groups is 1. The van der Waals surface area contributed by atoms with Crippen molar-refractivity contribution in [1.82, 2.24) is 10.2 Å². The van der Waals surface area contributed by atoms with Crippen molar-refractivity contribution in [2.24, 2.45) is 0 Å². The minimum atomic E-state index is -0.470. The number of hydrogen-bond donors (Lipinski definition) is 2. The molecule has 0 aliphatic rings. The van der Waals surface area contributed by atoms with Gasteiger partial charge in [-0.1, -0.05) is 12.1 Å². The van der Waals surface area contributed by atoms with E-state index in [1.165, 1.54) is 12.1 Å². The van der Waals surface area contributed by atoms with Crippen LogP contribution < -0.4 is 5.32 Å². The van der Waals surface area contributed by atoms with Gasteiger partial charge in [0.25, 0.3) is 0 Å². The van der Waals surface area contributed by atoms with E-state index in [1.54, 1.807) is 19.1 Å². The van der Waals surface area contributed by atoms with Gasteiger partial charge in [-0.15, -0.1) is 0 Å². The van der Waals surface area contributed by atoms with Crippen molar-refractivity contribution in [2.75, 3.05) is 13.1 Å². The van der Waals surface area contributed by atoms with Gasteiger partial charge in [0, 0.05) is 19.1 Å². The molecule has 0 aliphatic carbocycles. The molecule has 5 heteroatoms. The number of nitrogens with zero attached hydrogens (tertiary/aromatic N) is 1. The van der Waals surface area contributed by atoms with Gasteiger partial charge in [0.15, 0.2) is 0 Å². The zero-order valence-corrected chi connectivity index (χ0v) is 12.3. The van der Waals surface area contributed by atoms with E-state index in [0.717, 1.165) is 5.56 Å². The van der Waals surface area contributed by atoms with Gasteiger partial charge in [0.2, 0.25) is 5.91 Å². The summed E-state index contributed by atoms with van der Waals surface area (Å²) in [4.78, 5) is 13.8. The second-order valence-electron chi connectivity index (χ2n) is 5.28. The summed E-state index contributed by atoms with van der Waals surface area (Å²) in [6.07, 6.45) is -0.470. The molecule has 1 aromatic rings. The van der Waals surface area contributed by atoms with Crippen LogP contribution in [0.5, 0.6) is 0 Å². The van der Waals surface area contributed by atoms with Crippen LogP contribution in [0.15, 0.2) is 24.3 Å². The lowest BCUT2D eigenvalue weighted by Crippen LogP contribution is -2.43. The van der Waals surface area contributed by atoms with Crippen molar-refractivity contribution >= 4 is 5.91 Å². The lowest BCUT2D eigenvalue weighted by atomic mass is 10.2. The van der Waals surface area contributed by atoms with Gasteiger partial charge in [0.1, 0.15) is 5.82 Å². The summed E-state index contributed by atoms with van der Waals surface area (Å²) in [5.74, 6) is -0.397. The molecule has 0 fully saturated rings. The molecule has 0 aromatic heterocycles. The number of hydrogen-bond acceptors (Lipinski definition) is 3. The number of carbonyl (C=O) groups excluding carboxylic acids is 1. The van der Waals surface area contributed by atoms with Gasteiger partial charge >= 0.3 is 0 Å². The molecule has 0 bridgehead atoms. The number of rotatable bonds is 7. The zero-order valence-electron chi connectivity index (χ0n) is 12.3. The topological polar surface area (TPSA) is 52.6 Å². The molecule has 112 valence electrons. The SMILES string of the molecule is CC(O)CN(CC(=O)NCc1ccc(F)cc1)C(C)C. The van der Waals surface area contributed by atoms with Gasteiger partial charge < -0.3 is 10.4 Å². The van der Waals surface area contributed by atoms with Crippen molar-refractivity contribution in [1.29, 1.82) is 0 Å². The molecule has 20 heavy (non-hydrogen) atoms. The van der Waals surface area contributed by atoms with E-state index >= 15 is 0 Å². The van der Waals surface area contributed by atoms with Crippen LogP contribution >= 0.6 is 0 Å². The molecule has 1 unspecified atom stereocenters. The van der Waals surface area contributed by atoms with E-state index in [9.17, 15) is 14.3 Å². The Balaban J connectivity index is 2.43. The molecule has 1 rings (SSSR count). The third kappa shape index (κ3) is 6.12. The Morgan fingerprint density at radius 2 is 1.90 bits per heavy atom. The minimum absolute atomic E-state index is 0.108. The second-order valence-corrected chi connectivity index (χ2v) is 5.28. The molecule has 0 spiro atoms. The number of aliphatic hydroxyl groups is 1. The lowest BCUT2D eigenvalue weighted by molar-refractivity contribution is -0.123. The average molecular weight is 282 g/mol. The molecule has 1 amide bonds. The fourth-order valence-corrected chi connectivity index (χ4v) is 1.84. The molecular weight excluding hydrogens is 259 g/mol. The number of halogens is 1. The highest BCUT2D eigenvalue weighted by Gasteiger charge is 2.15. The maximum absolute atomic E-state index is 12.8. The Morgan fingerprint density at radius 1 is 1.30 bits per heavy atom. The summed E-state index contributed by atoms with van der Waals surface area (Å²) >= 11 is 0. The van der Waals surface area contributed by atoms with Crippen LogP contribution in [0.1, 0.15) is 26.3 Å². The highest BCUT2D eigenvalue weighted by molar-refractivity contribution is 5.78. The molecule has 4 nitrogen and oxygen atoms in total. The highest BCUT2D eigenvalue weighted by Crippen LogP contribution is 2.03. The summed E-state index contributed by atoms with van der Waals surface area (Å²) in [6, 6.07) is 6.21. The quantitative estimate of drug-likeness (QED) is 0.797. The Morgan fingerprint density at radius 3 is 2.40 bits per heavy atom. The molecule has 0 heterocycles. The van der Waals surface area contributed by atoms with Crippen molar-refractivity contribution in [3.05, 3.63) is 35.6 Å². The van der Waals surface area contributed by atoms with Gasteiger partial charge in [0.05, 0.1) is 12.6 Å². The van der Waals surface area contributed by atoms with Gasteiger partial charge in [-0.2, -0.15) is 0 Å². The molecule has 2 N–H and O–H groups in total. The summed E-state index contributed by atoms with van der Waals surface area (Å²) in [5, 5.41) is 12.2. The van der Waals surface area contributed by atoms with Gasteiger partial charge in [-0.3, -0.25) is 9.69 Å². The third-order valence-electron chi connectivity index (χ3n) is 2.98. The smallest absolute Gasteiger partial charge is 0.234 e. The first-order chi connectivity index (χ1) is 9.38. The Labute approximate surface area is 119 Å². The predicted molar refractivity (Wildman–Crippen MR) is 76.6 cm³/mol. The van der Waals surface area contributed by atoms with Crippen molar-refractivity contribution in [3.8, 4) is 0 Å². The van der Waals surface area contributed by atoms with E-state index in [4.69, 9.17) is 0 Å². The Hall–Kier alpha value is -1.46. The van der Waals surface area contributed by atoms with E-state index in [-0.39, 0.29) is 24.3 Å². The summed E-state index contributed by atoms with van der Waals surface area (Å²) < 4.78 is 12.8. The van der Waals surface area contributed by atoms with Crippen LogP contribution in [-0.4, -0.2) is 41.1 Å². The van der Waals surface area contributed by atoms with Crippen LogP contribution in [-0.2, 0) is 11.3 Å². The Bertz CT molecular complexity index is 418. The average Bonchev–Trinajstić information content (AvgIpc) is 2.36. The van der Waals surface area contributed by atoms with Crippen molar-refractivity contribution in [2.45, 2.75) is 39.5 Å². The largest absolute Gasteiger partial charge is 0.392 e. The van der Waals surface area contributed by atoms with E-state index in [2.05, 4.69) is 5.32 Å².